The van der Waals surface area contributed by atoms with E-state index in [0.29, 0.717) is 5.95 Å². The number of fused-ring (bicyclic) bond motifs is 1. The third-order valence-corrected chi connectivity index (χ3v) is 2.48. The van der Waals surface area contributed by atoms with Gasteiger partial charge in [-0.1, -0.05) is 6.07 Å². The highest BCUT2D eigenvalue weighted by Crippen LogP contribution is 2.25. The molecule has 0 unspecified atom stereocenters. The van der Waals surface area contributed by atoms with E-state index in [-0.39, 0.29) is 0 Å². The summed E-state index contributed by atoms with van der Waals surface area (Å²) in [6.45, 7) is 0. The van der Waals surface area contributed by atoms with E-state index in [1.54, 1.807) is 4.68 Å². The molecule has 0 bridgehead atoms. The van der Waals surface area contributed by atoms with Crippen LogP contribution in [-0.4, -0.2) is 24.7 Å². The molecule has 0 fully saturated rings. The molecule has 2 aromatic heterocycles. The van der Waals surface area contributed by atoms with E-state index in [1.807, 2.05) is 25.2 Å². The largest absolute Gasteiger partial charge is 0.369 e. The number of aryl methyl sites for hydroxylation is 1. The van der Waals surface area contributed by atoms with Gasteiger partial charge in [-0.25, -0.2) is 14.6 Å². The van der Waals surface area contributed by atoms with Crippen LogP contribution in [-0.2, 0) is 7.05 Å². The van der Waals surface area contributed by atoms with Crippen LogP contribution in [0.5, 0.6) is 0 Å². The van der Waals surface area contributed by atoms with Crippen molar-refractivity contribution in [3.8, 4) is 11.4 Å². The fourth-order valence-electron chi connectivity index (χ4n) is 1.77. The highest BCUT2D eigenvalue weighted by atomic mass is 15.3. The van der Waals surface area contributed by atoms with Crippen LogP contribution in [0.2, 0.25) is 0 Å². The first-order valence-electron chi connectivity index (χ1n) is 4.84. The van der Waals surface area contributed by atoms with E-state index in [0.717, 1.165) is 22.4 Å². The molecule has 0 radical (unpaired) electrons. The van der Waals surface area contributed by atoms with Gasteiger partial charge in [0.15, 0.2) is 11.8 Å². The molecule has 0 atom stereocenters. The molecule has 0 aliphatic rings. The molecule has 80 valence electrons. The Morgan fingerprint density at radius 2 is 2.25 bits per heavy atom. The number of nitrogen functional groups attached to an aromatic ring is 1. The summed E-state index contributed by atoms with van der Waals surface area (Å²) in [7, 11) is 1.84. The van der Waals surface area contributed by atoms with Gasteiger partial charge in [0.25, 0.3) is 0 Å². The summed E-state index contributed by atoms with van der Waals surface area (Å²) in [6, 6.07) is 5.81. The number of aromatic nitrogens is 5. The minimum absolute atomic E-state index is 0.407. The summed E-state index contributed by atoms with van der Waals surface area (Å²) in [6.07, 6.45) is 1.52. The maximum atomic E-state index is 5.64. The molecule has 6 nitrogen and oxygen atoms in total. The Labute approximate surface area is 91.1 Å². The zero-order valence-corrected chi connectivity index (χ0v) is 8.68. The number of imidazole rings is 1. The summed E-state index contributed by atoms with van der Waals surface area (Å²) in [5.74, 6) is 1.18. The minimum Gasteiger partial charge on any atom is -0.369 e. The SMILES string of the molecule is Cn1ncnc1-c1cccc2[nH]c(N)nc12. The van der Waals surface area contributed by atoms with Crippen LogP contribution < -0.4 is 5.73 Å². The number of anilines is 1. The molecule has 0 aliphatic carbocycles. The predicted octanol–water partition coefficient (Wildman–Crippen LogP) is 0.941. The Kier molecular flexibility index (Phi) is 1.70. The molecule has 2 heterocycles. The summed E-state index contributed by atoms with van der Waals surface area (Å²) >= 11 is 0. The van der Waals surface area contributed by atoms with E-state index >= 15 is 0 Å². The van der Waals surface area contributed by atoms with E-state index in [9.17, 15) is 0 Å². The Morgan fingerprint density at radius 1 is 1.38 bits per heavy atom. The monoisotopic (exact) mass is 214 g/mol. The highest BCUT2D eigenvalue weighted by molar-refractivity contribution is 5.91. The average molecular weight is 214 g/mol. The minimum atomic E-state index is 0.407. The van der Waals surface area contributed by atoms with Crippen LogP contribution in [0.25, 0.3) is 22.4 Å². The van der Waals surface area contributed by atoms with Gasteiger partial charge in [0, 0.05) is 12.6 Å². The molecule has 0 saturated carbocycles. The van der Waals surface area contributed by atoms with Gasteiger partial charge in [-0.05, 0) is 12.1 Å². The fraction of sp³-hybridized carbons (Fsp3) is 0.100. The Bertz CT molecular complexity index is 650. The van der Waals surface area contributed by atoms with Crippen molar-refractivity contribution in [2.75, 3.05) is 5.73 Å². The summed E-state index contributed by atoms with van der Waals surface area (Å²) in [5.41, 5.74) is 8.28. The molecular weight excluding hydrogens is 204 g/mol. The normalized spacial score (nSPS) is 11.1. The number of hydrogen-bond acceptors (Lipinski definition) is 4. The lowest BCUT2D eigenvalue weighted by Gasteiger charge is -2.00. The lowest BCUT2D eigenvalue weighted by molar-refractivity contribution is 0.775. The standard InChI is InChI=1S/C10H10N6/c1-16-9(12-5-13-16)6-3-2-4-7-8(6)15-10(11)14-7/h2-5H,1H3,(H3,11,14,15). The smallest absolute Gasteiger partial charge is 0.198 e. The van der Waals surface area contributed by atoms with Crippen molar-refractivity contribution >= 4 is 17.0 Å². The molecule has 0 aliphatic heterocycles. The lowest BCUT2D eigenvalue weighted by Crippen LogP contribution is -1.95. The predicted molar refractivity (Wildman–Crippen MR) is 60.5 cm³/mol. The molecule has 16 heavy (non-hydrogen) atoms. The van der Waals surface area contributed by atoms with Gasteiger partial charge in [-0.2, -0.15) is 5.10 Å². The van der Waals surface area contributed by atoms with Crippen molar-refractivity contribution in [1.82, 2.24) is 24.7 Å². The Morgan fingerprint density at radius 3 is 3.00 bits per heavy atom. The van der Waals surface area contributed by atoms with Crippen molar-refractivity contribution in [2.24, 2.45) is 7.05 Å². The third kappa shape index (κ3) is 1.16. The van der Waals surface area contributed by atoms with Crippen LogP contribution >= 0.6 is 0 Å². The van der Waals surface area contributed by atoms with E-state index in [1.165, 1.54) is 6.33 Å². The van der Waals surface area contributed by atoms with Gasteiger partial charge in [0.2, 0.25) is 0 Å². The van der Waals surface area contributed by atoms with Gasteiger partial charge < -0.3 is 10.7 Å². The van der Waals surface area contributed by atoms with Crippen LogP contribution in [0.4, 0.5) is 5.95 Å². The molecule has 3 aromatic rings. The molecule has 0 spiro atoms. The van der Waals surface area contributed by atoms with Crippen molar-refractivity contribution < 1.29 is 0 Å². The number of H-pyrrole nitrogens is 1. The summed E-state index contributed by atoms with van der Waals surface area (Å²) < 4.78 is 1.71. The molecule has 3 N–H and O–H groups in total. The second kappa shape index (κ2) is 3.06. The molecule has 1 aromatic carbocycles. The van der Waals surface area contributed by atoms with Crippen molar-refractivity contribution in [1.29, 1.82) is 0 Å². The van der Waals surface area contributed by atoms with Crippen LogP contribution in [0.3, 0.4) is 0 Å². The van der Waals surface area contributed by atoms with Crippen molar-refractivity contribution in [3.63, 3.8) is 0 Å². The first kappa shape index (κ1) is 8.90. The Hall–Kier alpha value is -2.37. The van der Waals surface area contributed by atoms with E-state index in [4.69, 9.17) is 5.73 Å². The number of benzene rings is 1. The number of aromatic amines is 1. The van der Waals surface area contributed by atoms with Crippen molar-refractivity contribution in [2.45, 2.75) is 0 Å². The molecular formula is C10H10N6. The van der Waals surface area contributed by atoms with Crippen LogP contribution in [0.15, 0.2) is 24.5 Å². The van der Waals surface area contributed by atoms with E-state index < -0.39 is 0 Å². The number of nitrogens with one attached hydrogen (secondary N) is 1. The van der Waals surface area contributed by atoms with Crippen LogP contribution in [0.1, 0.15) is 0 Å². The first-order chi connectivity index (χ1) is 7.75. The summed E-state index contributed by atoms with van der Waals surface area (Å²) in [5, 5.41) is 4.04. The fourth-order valence-corrected chi connectivity index (χ4v) is 1.77. The zero-order chi connectivity index (χ0) is 11.1. The molecule has 3 rings (SSSR count). The Balaban J connectivity index is 2.35. The van der Waals surface area contributed by atoms with Gasteiger partial charge >= 0.3 is 0 Å². The maximum absolute atomic E-state index is 5.64. The number of nitrogens with zero attached hydrogens (tertiary/aromatic N) is 4. The second-order valence-corrected chi connectivity index (χ2v) is 3.53. The van der Waals surface area contributed by atoms with Gasteiger partial charge in [-0.15, -0.1) is 0 Å². The lowest BCUT2D eigenvalue weighted by atomic mass is 10.2. The van der Waals surface area contributed by atoms with Gasteiger partial charge in [-0.3, -0.25) is 0 Å². The number of hydrogen-bond donors (Lipinski definition) is 2. The molecule has 6 heteroatoms. The van der Waals surface area contributed by atoms with Gasteiger partial charge in [0.05, 0.1) is 5.52 Å². The average Bonchev–Trinajstić information content (AvgIpc) is 2.82. The second-order valence-electron chi connectivity index (χ2n) is 3.53. The number of para-hydroxylation sites is 1. The topological polar surface area (TPSA) is 85.4 Å². The maximum Gasteiger partial charge on any atom is 0.198 e. The third-order valence-electron chi connectivity index (χ3n) is 2.48. The zero-order valence-electron chi connectivity index (χ0n) is 8.68. The van der Waals surface area contributed by atoms with Crippen molar-refractivity contribution in [3.05, 3.63) is 24.5 Å². The number of nitrogens with two attached hydrogens (primary N) is 1. The van der Waals surface area contributed by atoms with E-state index in [2.05, 4.69) is 20.1 Å². The quantitative estimate of drug-likeness (QED) is 0.631. The highest BCUT2D eigenvalue weighted by Gasteiger charge is 2.11. The molecule has 0 saturated heterocycles. The van der Waals surface area contributed by atoms with Crippen LogP contribution in [0, 0.1) is 0 Å². The number of rotatable bonds is 1. The molecule has 0 amide bonds. The summed E-state index contributed by atoms with van der Waals surface area (Å²) in [4.78, 5) is 11.4. The first-order valence-corrected chi connectivity index (χ1v) is 4.84. The van der Waals surface area contributed by atoms with Gasteiger partial charge in [0.1, 0.15) is 11.8 Å².